The maximum absolute atomic E-state index is 3.53. The van der Waals surface area contributed by atoms with Crippen LogP contribution >= 0.6 is 11.3 Å². The van der Waals surface area contributed by atoms with Gasteiger partial charge in [0.25, 0.3) is 0 Å². The summed E-state index contributed by atoms with van der Waals surface area (Å²) in [5, 5.41) is 3.53. The van der Waals surface area contributed by atoms with Crippen LogP contribution in [-0.4, -0.2) is 11.1 Å². The Balaban J connectivity index is 1.96. The molecule has 1 N–H and O–H groups in total. The molecule has 0 radical (unpaired) electrons. The molecule has 0 aromatic carbocycles. The third-order valence-electron chi connectivity index (χ3n) is 3.38. The van der Waals surface area contributed by atoms with E-state index in [0.29, 0.717) is 6.04 Å². The Hall–Kier alpha value is -1.06. The maximum Gasteiger partial charge on any atom is 0.0563 e. The summed E-state index contributed by atoms with van der Waals surface area (Å²) in [6.45, 7) is 8.72. The van der Waals surface area contributed by atoms with E-state index in [1.54, 1.807) is 0 Å². The molecule has 104 valence electrons. The van der Waals surface area contributed by atoms with Crippen molar-refractivity contribution in [2.75, 3.05) is 6.54 Å². The van der Waals surface area contributed by atoms with Crippen molar-refractivity contribution >= 4 is 11.3 Å². The Bertz CT molecular complexity index is 498. The molecule has 0 spiro atoms. The van der Waals surface area contributed by atoms with E-state index in [-0.39, 0.29) is 0 Å². The molecule has 0 saturated carbocycles. The fourth-order valence-corrected chi connectivity index (χ4v) is 3.14. The quantitative estimate of drug-likeness (QED) is 0.801. The van der Waals surface area contributed by atoms with Crippen molar-refractivity contribution in [1.82, 2.24) is 9.88 Å². The first-order chi connectivity index (χ1) is 9.22. The monoisotopic (exact) mass is 276 g/mol. The molecule has 0 aliphatic carbocycles. The maximum atomic E-state index is 3.53. The fourth-order valence-electron chi connectivity index (χ4n) is 2.17. The summed E-state index contributed by atoms with van der Waals surface area (Å²) >= 11 is 1.92. The first-order valence-electron chi connectivity index (χ1n) is 7.19. The van der Waals surface area contributed by atoms with Gasteiger partial charge in [-0.2, -0.15) is 0 Å². The summed E-state index contributed by atoms with van der Waals surface area (Å²) in [4.78, 5) is 2.91. The number of aromatic nitrogens is 1. The molecule has 2 nitrogen and oxygen atoms in total. The number of nitrogens with one attached hydrogen (secondary N) is 1. The molecular weight excluding hydrogens is 252 g/mol. The van der Waals surface area contributed by atoms with Crippen LogP contribution in [0, 0.1) is 0 Å². The minimum Gasteiger partial charge on any atom is -0.349 e. The third kappa shape index (κ3) is 3.95. The van der Waals surface area contributed by atoms with Gasteiger partial charge in [0.2, 0.25) is 0 Å². The largest absolute Gasteiger partial charge is 0.349 e. The first-order valence-corrected chi connectivity index (χ1v) is 8.01. The SMILES string of the molecule is CCCNC(C)c1ccn(Cc2ccc(CC)s2)c1. The van der Waals surface area contributed by atoms with Gasteiger partial charge < -0.3 is 9.88 Å². The molecule has 3 heteroatoms. The minimum atomic E-state index is 0.440. The summed E-state index contributed by atoms with van der Waals surface area (Å²) in [5.41, 5.74) is 1.38. The van der Waals surface area contributed by atoms with Gasteiger partial charge in [0.15, 0.2) is 0 Å². The number of thiophene rings is 1. The number of nitrogens with zero attached hydrogens (tertiary/aromatic N) is 1. The molecule has 2 rings (SSSR count). The van der Waals surface area contributed by atoms with Crippen LogP contribution in [0.15, 0.2) is 30.6 Å². The van der Waals surface area contributed by atoms with Gasteiger partial charge in [0, 0.05) is 28.2 Å². The fraction of sp³-hybridized carbons (Fsp3) is 0.500. The Morgan fingerprint density at radius 2 is 2.00 bits per heavy atom. The average molecular weight is 276 g/mol. The molecule has 19 heavy (non-hydrogen) atoms. The minimum absolute atomic E-state index is 0.440. The molecule has 1 unspecified atom stereocenters. The van der Waals surface area contributed by atoms with Gasteiger partial charge in [-0.05, 0) is 50.1 Å². The molecule has 2 heterocycles. The van der Waals surface area contributed by atoms with Gasteiger partial charge in [0.05, 0.1) is 6.54 Å². The van der Waals surface area contributed by atoms with Crippen LogP contribution in [0.4, 0.5) is 0 Å². The highest BCUT2D eigenvalue weighted by molar-refractivity contribution is 7.11. The summed E-state index contributed by atoms with van der Waals surface area (Å²) < 4.78 is 2.28. The van der Waals surface area contributed by atoms with Gasteiger partial charge in [-0.3, -0.25) is 0 Å². The lowest BCUT2D eigenvalue weighted by atomic mass is 10.2. The van der Waals surface area contributed by atoms with E-state index < -0.39 is 0 Å². The molecule has 0 bridgehead atoms. The van der Waals surface area contributed by atoms with Crippen LogP contribution in [-0.2, 0) is 13.0 Å². The summed E-state index contributed by atoms with van der Waals surface area (Å²) in [6.07, 6.45) is 6.77. The zero-order chi connectivity index (χ0) is 13.7. The van der Waals surface area contributed by atoms with Gasteiger partial charge in [-0.25, -0.2) is 0 Å². The molecule has 2 aromatic heterocycles. The highest BCUT2D eigenvalue weighted by Crippen LogP contribution is 2.19. The Morgan fingerprint density at radius 3 is 2.68 bits per heavy atom. The molecule has 0 saturated heterocycles. The van der Waals surface area contributed by atoms with Gasteiger partial charge >= 0.3 is 0 Å². The molecule has 2 aromatic rings. The smallest absolute Gasteiger partial charge is 0.0563 e. The number of hydrogen-bond acceptors (Lipinski definition) is 2. The van der Waals surface area contributed by atoms with E-state index in [4.69, 9.17) is 0 Å². The van der Waals surface area contributed by atoms with Crippen molar-refractivity contribution in [1.29, 1.82) is 0 Å². The van der Waals surface area contributed by atoms with Crippen molar-refractivity contribution in [3.05, 3.63) is 45.9 Å². The van der Waals surface area contributed by atoms with Crippen LogP contribution in [0.25, 0.3) is 0 Å². The Labute approximate surface area is 120 Å². The summed E-state index contributed by atoms with van der Waals surface area (Å²) in [7, 11) is 0. The van der Waals surface area contributed by atoms with Crippen LogP contribution in [0.5, 0.6) is 0 Å². The van der Waals surface area contributed by atoms with Crippen molar-refractivity contribution in [3.63, 3.8) is 0 Å². The van der Waals surface area contributed by atoms with Gasteiger partial charge in [-0.1, -0.05) is 13.8 Å². The van der Waals surface area contributed by atoms with E-state index in [9.17, 15) is 0 Å². The van der Waals surface area contributed by atoms with Crippen molar-refractivity contribution in [3.8, 4) is 0 Å². The lowest BCUT2D eigenvalue weighted by Crippen LogP contribution is -2.18. The lowest BCUT2D eigenvalue weighted by molar-refractivity contribution is 0.569. The molecule has 0 aliphatic heterocycles. The summed E-state index contributed by atoms with van der Waals surface area (Å²) in [5.74, 6) is 0. The lowest BCUT2D eigenvalue weighted by Gasteiger charge is -2.11. The third-order valence-corrected chi connectivity index (χ3v) is 4.59. The number of rotatable bonds is 7. The second-order valence-corrected chi connectivity index (χ2v) is 6.27. The zero-order valence-electron chi connectivity index (χ0n) is 12.1. The van der Waals surface area contributed by atoms with Gasteiger partial charge in [-0.15, -0.1) is 11.3 Å². The van der Waals surface area contributed by atoms with Crippen LogP contribution < -0.4 is 5.32 Å². The van der Waals surface area contributed by atoms with Crippen molar-refractivity contribution in [2.45, 2.75) is 46.2 Å². The van der Waals surface area contributed by atoms with Crippen LogP contribution in [0.2, 0.25) is 0 Å². The Morgan fingerprint density at radius 1 is 1.21 bits per heavy atom. The molecule has 1 atom stereocenters. The van der Waals surface area contributed by atoms with E-state index in [1.807, 2.05) is 11.3 Å². The standard InChI is InChI=1S/C16H24N2S/c1-4-9-17-13(3)14-8-10-18(11-14)12-16-7-6-15(5-2)19-16/h6-8,10-11,13,17H,4-5,9,12H2,1-3H3. The molecular formula is C16H24N2S. The highest BCUT2D eigenvalue weighted by atomic mass is 32.1. The zero-order valence-corrected chi connectivity index (χ0v) is 13.0. The predicted octanol–water partition coefficient (Wildman–Crippen LogP) is 4.22. The van der Waals surface area contributed by atoms with Gasteiger partial charge in [0.1, 0.15) is 0 Å². The van der Waals surface area contributed by atoms with E-state index >= 15 is 0 Å². The average Bonchev–Trinajstić information content (AvgIpc) is 3.05. The second kappa shape index (κ2) is 6.92. The normalized spacial score (nSPS) is 12.8. The second-order valence-electron chi connectivity index (χ2n) is 5.01. The first kappa shape index (κ1) is 14.4. The molecule has 0 amide bonds. The van der Waals surface area contributed by atoms with E-state index in [0.717, 1.165) is 19.5 Å². The Kier molecular flexibility index (Phi) is 5.23. The molecule has 0 aliphatic rings. The van der Waals surface area contributed by atoms with Crippen molar-refractivity contribution in [2.24, 2.45) is 0 Å². The topological polar surface area (TPSA) is 17.0 Å². The van der Waals surface area contributed by atoms with E-state index in [2.05, 4.69) is 61.2 Å². The number of aryl methyl sites for hydroxylation is 1. The summed E-state index contributed by atoms with van der Waals surface area (Å²) in [6, 6.07) is 7.16. The van der Waals surface area contributed by atoms with Crippen LogP contribution in [0.1, 0.15) is 48.6 Å². The molecule has 0 fully saturated rings. The number of hydrogen-bond donors (Lipinski definition) is 1. The van der Waals surface area contributed by atoms with Crippen LogP contribution in [0.3, 0.4) is 0 Å². The highest BCUT2D eigenvalue weighted by Gasteiger charge is 2.06. The predicted molar refractivity (Wildman–Crippen MR) is 83.9 cm³/mol. The van der Waals surface area contributed by atoms with Crippen molar-refractivity contribution < 1.29 is 0 Å². The van der Waals surface area contributed by atoms with E-state index in [1.165, 1.54) is 21.7 Å².